The van der Waals surface area contributed by atoms with Crippen LogP contribution >= 0.6 is 0 Å². The number of carboxylic acid groups (broad SMARTS) is 1. The SMILES string of the molecule is CCNC(=O)CCNC(=O)NC(C)(C(=O)O)C(F)(F)F. The second-order valence-electron chi connectivity index (χ2n) is 4.01. The van der Waals surface area contributed by atoms with E-state index >= 15 is 0 Å². The van der Waals surface area contributed by atoms with Gasteiger partial charge in [-0.1, -0.05) is 0 Å². The Bertz CT molecular complexity index is 386. The number of urea groups is 1. The summed E-state index contributed by atoms with van der Waals surface area (Å²) >= 11 is 0. The molecule has 0 heterocycles. The second kappa shape index (κ2) is 6.96. The molecule has 0 rings (SSSR count). The number of hydrogen-bond donors (Lipinski definition) is 4. The van der Waals surface area contributed by atoms with E-state index in [2.05, 4.69) is 5.32 Å². The minimum atomic E-state index is -5.16. The fourth-order valence-corrected chi connectivity index (χ4v) is 1.09. The van der Waals surface area contributed by atoms with Crippen LogP contribution in [0.4, 0.5) is 18.0 Å². The standard InChI is InChI=1S/C10H16F3N3O4/c1-3-14-6(17)4-5-15-8(20)16-9(2,7(18)19)10(11,12)13/h3-5H2,1-2H3,(H,14,17)(H,18,19)(H2,15,16,20). The van der Waals surface area contributed by atoms with Gasteiger partial charge in [-0.15, -0.1) is 0 Å². The lowest BCUT2D eigenvalue weighted by Gasteiger charge is -2.28. The van der Waals surface area contributed by atoms with Crippen molar-refractivity contribution in [1.29, 1.82) is 0 Å². The van der Waals surface area contributed by atoms with Gasteiger partial charge in [0, 0.05) is 19.5 Å². The monoisotopic (exact) mass is 299 g/mol. The summed E-state index contributed by atoms with van der Waals surface area (Å²) in [4.78, 5) is 32.9. The highest BCUT2D eigenvalue weighted by Gasteiger charge is 2.58. The van der Waals surface area contributed by atoms with Crippen LogP contribution in [0, 0.1) is 0 Å². The average Bonchev–Trinajstić information content (AvgIpc) is 2.27. The maximum Gasteiger partial charge on any atom is 0.422 e. The summed E-state index contributed by atoms with van der Waals surface area (Å²) in [7, 11) is 0. The van der Waals surface area contributed by atoms with Crippen molar-refractivity contribution in [3.8, 4) is 0 Å². The van der Waals surface area contributed by atoms with Crippen LogP contribution in [-0.4, -0.2) is 47.8 Å². The van der Waals surface area contributed by atoms with Crippen LogP contribution in [0.2, 0.25) is 0 Å². The summed E-state index contributed by atoms with van der Waals surface area (Å²) in [6.07, 6.45) is -5.28. The molecule has 1 atom stereocenters. The zero-order valence-corrected chi connectivity index (χ0v) is 10.9. The van der Waals surface area contributed by atoms with Gasteiger partial charge in [0.05, 0.1) is 0 Å². The summed E-state index contributed by atoms with van der Waals surface area (Å²) in [6, 6.07) is -1.32. The molecule has 3 amide bonds. The van der Waals surface area contributed by atoms with Crippen LogP contribution in [0.25, 0.3) is 0 Å². The number of carbonyl (C=O) groups excluding carboxylic acids is 2. The molecule has 20 heavy (non-hydrogen) atoms. The Balaban J connectivity index is 4.44. The van der Waals surface area contributed by atoms with Gasteiger partial charge in [-0.25, -0.2) is 9.59 Å². The van der Waals surface area contributed by atoms with E-state index in [1.807, 2.05) is 5.32 Å². The molecule has 10 heteroatoms. The van der Waals surface area contributed by atoms with Gasteiger partial charge in [-0.2, -0.15) is 13.2 Å². The molecule has 7 nitrogen and oxygen atoms in total. The van der Waals surface area contributed by atoms with Gasteiger partial charge in [0.2, 0.25) is 11.4 Å². The number of amides is 3. The number of alkyl halides is 3. The number of carbonyl (C=O) groups is 3. The largest absolute Gasteiger partial charge is 0.479 e. The van der Waals surface area contributed by atoms with Crippen molar-refractivity contribution >= 4 is 17.9 Å². The molecule has 0 fully saturated rings. The minimum absolute atomic E-state index is 0.128. The number of rotatable bonds is 6. The van der Waals surface area contributed by atoms with Crippen LogP contribution in [0.5, 0.6) is 0 Å². The molecule has 0 aromatic carbocycles. The third-order valence-electron chi connectivity index (χ3n) is 2.37. The van der Waals surface area contributed by atoms with E-state index in [0.29, 0.717) is 13.5 Å². The van der Waals surface area contributed by atoms with Gasteiger partial charge in [0.25, 0.3) is 0 Å². The van der Waals surface area contributed by atoms with Gasteiger partial charge in [-0.3, -0.25) is 4.79 Å². The smallest absolute Gasteiger partial charge is 0.422 e. The van der Waals surface area contributed by atoms with E-state index in [0.717, 1.165) is 0 Å². The normalized spacial score (nSPS) is 14.1. The first-order chi connectivity index (χ1) is 9.04. The number of nitrogens with one attached hydrogen (secondary N) is 3. The third-order valence-corrected chi connectivity index (χ3v) is 2.37. The third kappa shape index (κ3) is 4.94. The van der Waals surface area contributed by atoms with Gasteiger partial charge in [0.15, 0.2) is 0 Å². The Morgan fingerprint density at radius 2 is 1.70 bits per heavy atom. The van der Waals surface area contributed by atoms with E-state index in [-0.39, 0.29) is 18.9 Å². The first-order valence-corrected chi connectivity index (χ1v) is 5.67. The number of halogens is 3. The van der Waals surface area contributed by atoms with Gasteiger partial charge < -0.3 is 21.1 Å². The van der Waals surface area contributed by atoms with Crippen molar-refractivity contribution in [1.82, 2.24) is 16.0 Å². The molecular weight excluding hydrogens is 283 g/mol. The zero-order valence-electron chi connectivity index (χ0n) is 10.9. The molecule has 0 aliphatic heterocycles. The van der Waals surface area contributed by atoms with Gasteiger partial charge >= 0.3 is 18.2 Å². The van der Waals surface area contributed by atoms with Crippen molar-refractivity contribution in [3.05, 3.63) is 0 Å². The molecule has 0 spiro atoms. The highest BCUT2D eigenvalue weighted by Crippen LogP contribution is 2.30. The first-order valence-electron chi connectivity index (χ1n) is 5.67. The Hall–Kier alpha value is -2.00. The lowest BCUT2D eigenvalue weighted by molar-refractivity contribution is -0.203. The Kier molecular flexibility index (Phi) is 6.27. The van der Waals surface area contributed by atoms with Crippen molar-refractivity contribution in [2.45, 2.75) is 32.0 Å². The van der Waals surface area contributed by atoms with Crippen molar-refractivity contribution < 1.29 is 32.7 Å². The lowest BCUT2D eigenvalue weighted by Crippen LogP contribution is -2.63. The Morgan fingerprint density at radius 3 is 2.10 bits per heavy atom. The predicted molar refractivity (Wildman–Crippen MR) is 61.9 cm³/mol. The maximum atomic E-state index is 12.6. The average molecular weight is 299 g/mol. The molecule has 0 radical (unpaired) electrons. The van der Waals surface area contributed by atoms with Crippen LogP contribution < -0.4 is 16.0 Å². The molecule has 0 aliphatic carbocycles. The summed E-state index contributed by atoms with van der Waals surface area (Å²) in [6.45, 7) is 2.18. The molecule has 0 aromatic rings. The number of hydrogen-bond acceptors (Lipinski definition) is 3. The molecule has 0 aromatic heterocycles. The summed E-state index contributed by atoms with van der Waals surface area (Å²) < 4.78 is 37.7. The quantitative estimate of drug-likeness (QED) is 0.562. The van der Waals surface area contributed by atoms with Crippen LogP contribution in [0.15, 0.2) is 0 Å². The topological polar surface area (TPSA) is 108 Å². The fourth-order valence-electron chi connectivity index (χ4n) is 1.09. The highest BCUT2D eigenvalue weighted by atomic mass is 19.4. The molecular formula is C10H16F3N3O4. The van der Waals surface area contributed by atoms with Gasteiger partial charge in [-0.05, 0) is 13.8 Å². The molecule has 0 bridgehead atoms. The predicted octanol–water partition coefficient (Wildman–Crippen LogP) is 0.217. The summed E-state index contributed by atoms with van der Waals surface area (Å²) in [5.74, 6) is -2.62. The molecule has 0 saturated heterocycles. The second-order valence-corrected chi connectivity index (χ2v) is 4.01. The summed E-state index contributed by atoms with van der Waals surface area (Å²) in [5.41, 5.74) is -3.40. The van der Waals surface area contributed by atoms with Crippen LogP contribution in [0.3, 0.4) is 0 Å². The van der Waals surface area contributed by atoms with E-state index < -0.39 is 23.7 Å². The number of aliphatic carboxylic acids is 1. The fraction of sp³-hybridized carbons (Fsp3) is 0.700. The molecule has 0 aliphatic rings. The molecule has 4 N–H and O–H groups in total. The van der Waals surface area contributed by atoms with Crippen molar-refractivity contribution in [3.63, 3.8) is 0 Å². The zero-order chi connectivity index (χ0) is 16.0. The van der Waals surface area contributed by atoms with Crippen LogP contribution in [0.1, 0.15) is 20.3 Å². The Morgan fingerprint density at radius 1 is 1.15 bits per heavy atom. The van der Waals surface area contributed by atoms with E-state index in [4.69, 9.17) is 5.11 Å². The van der Waals surface area contributed by atoms with E-state index in [9.17, 15) is 27.6 Å². The highest BCUT2D eigenvalue weighted by molar-refractivity contribution is 5.87. The summed E-state index contributed by atoms with van der Waals surface area (Å²) in [5, 5.41) is 14.3. The minimum Gasteiger partial charge on any atom is -0.479 e. The lowest BCUT2D eigenvalue weighted by atomic mass is 10.0. The maximum absolute atomic E-state index is 12.6. The van der Waals surface area contributed by atoms with E-state index in [1.165, 1.54) is 5.32 Å². The van der Waals surface area contributed by atoms with Crippen molar-refractivity contribution in [2.24, 2.45) is 0 Å². The van der Waals surface area contributed by atoms with Crippen molar-refractivity contribution in [2.75, 3.05) is 13.1 Å². The number of carboxylic acids is 1. The molecule has 116 valence electrons. The van der Waals surface area contributed by atoms with Gasteiger partial charge in [0.1, 0.15) is 0 Å². The van der Waals surface area contributed by atoms with E-state index in [1.54, 1.807) is 6.92 Å². The molecule has 1 unspecified atom stereocenters. The molecule has 0 saturated carbocycles. The first kappa shape index (κ1) is 18.0. The Labute approximate surface area is 112 Å². The van der Waals surface area contributed by atoms with Crippen LogP contribution in [-0.2, 0) is 9.59 Å².